The lowest BCUT2D eigenvalue weighted by Gasteiger charge is -2.28. The molecule has 1 N–H and O–H groups in total. The van der Waals surface area contributed by atoms with Gasteiger partial charge in [0.1, 0.15) is 11.7 Å². The maximum absolute atomic E-state index is 13.5. The highest BCUT2D eigenvalue weighted by Gasteiger charge is 2.60. The molecule has 5 rings (SSSR count). The number of fused-ring (bicyclic) bond motifs is 1. The first-order valence-electron chi connectivity index (χ1n) is 10.5. The average molecular weight is 445 g/mol. The van der Waals surface area contributed by atoms with Gasteiger partial charge in [-0.05, 0) is 54.1 Å². The van der Waals surface area contributed by atoms with E-state index in [0.29, 0.717) is 17.1 Å². The van der Waals surface area contributed by atoms with Crippen LogP contribution in [-0.4, -0.2) is 23.8 Å². The van der Waals surface area contributed by atoms with Crippen LogP contribution in [0.1, 0.15) is 18.5 Å². The van der Waals surface area contributed by atoms with Crippen LogP contribution in [0.4, 0.5) is 21.5 Å². The number of nitrogens with zero attached hydrogens (tertiary/aromatic N) is 2. The molecule has 33 heavy (non-hydrogen) atoms. The van der Waals surface area contributed by atoms with Crippen LogP contribution >= 0.6 is 0 Å². The van der Waals surface area contributed by atoms with Crippen LogP contribution in [0.5, 0.6) is 0 Å². The van der Waals surface area contributed by atoms with Gasteiger partial charge in [-0.1, -0.05) is 30.3 Å². The van der Waals surface area contributed by atoms with Crippen molar-refractivity contribution < 1.29 is 23.6 Å². The first-order chi connectivity index (χ1) is 15.9. The highest BCUT2D eigenvalue weighted by Crippen LogP contribution is 2.47. The number of anilines is 3. The highest BCUT2D eigenvalue weighted by molar-refractivity contribution is 6.23. The normalized spacial score (nSPS) is 21.9. The Labute approximate surface area is 189 Å². The molecule has 0 radical (unpaired) electrons. The van der Waals surface area contributed by atoms with E-state index in [2.05, 4.69) is 5.32 Å². The number of rotatable bonds is 4. The molecule has 0 unspecified atom stereocenters. The number of nitrogens with one attached hydrogen (secondary N) is 1. The first kappa shape index (κ1) is 20.8. The molecule has 2 aliphatic heterocycles. The van der Waals surface area contributed by atoms with Gasteiger partial charge in [0.2, 0.25) is 11.8 Å². The zero-order chi connectivity index (χ0) is 23.1. The average Bonchev–Trinajstić information content (AvgIpc) is 3.32. The van der Waals surface area contributed by atoms with E-state index in [1.807, 2.05) is 30.3 Å². The van der Waals surface area contributed by atoms with E-state index in [9.17, 15) is 18.8 Å². The minimum absolute atomic E-state index is 0.190. The predicted molar refractivity (Wildman–Crippen MR) is 120 cm³/mol. The molecule has 0 saturated carbocycles. The largest absolute Gasteiger partial charge is 0.326 e. The Bertz CT molecular complexity index is 1210. The third kappa shape index (κ3) is 3.64. The van der Waals surface area contributed by atoms with Gasteiger partial charge in [-0.3, -0.25) is 19.2 Å². The number of amides is 3. The molecular weight excluding hydrogens is 425 g/mol. The number of benzene rings is 3. The van der Waals surface area contributed by atoms with Crippen molar-refractivity contribution in [2.45, 2.75) is 19.1 Å². The minimum Gasteiger partial charge on any atom is -0.326 e. The third-order valence-corrected chi connectivity index (χ3v) is 5.78. The molecule has 2 saturated heterocycles. The summed E-state index contributed by atoms with van der Waals surface area (Å²) < 4.78 is 13.4. The molecule has 0 aliphatic carbocycles. The fourth-order valence-electron chi connectivity index (χ4n) is 4.36. The molecule has 3 amide bonds. The fourth-order valence-corrected chi connectivity index (χ4v) is 4.36. The summed E-state index contributed by atoms with van der Waals surface area (Å²) in [5.74, 6) is -2.35. The van der Waals surface area contributed by atoms with Crippen molar-refractivity contribution in [3.63, 3.8) is 0 Å². The van der Waals surface area contributed by atoms with E-state index < -0.39 is 35.7 Å². The number of para-hydroxylation sites is 1. The van der Waals surface area contributed by atoms with Crippen LogP contribution in [0.3, 0.4) is 0 Å². The Hall–Kier alpha value is -4.04. The molecule has 0 bridgehead atoms. The summed E-state index contributed by atoms with van der Waals surface area (Å²) >= 11 is 0. The molecule has 2 fully saturated rings. The Balaban J connectivity index is 1.54. The number of hydroxylamine groups is 1. The highest BCUT2D eigenvalue weighted by atomic mass is 19.1. The van der Waals surface area contributed by atoms with E-state index in [4.69, 9.17) is 4.84 Å². The van der Waals surface area contributed by atoms with Gasteiger partial charge in [0.25, 0.3) is 5.91 Å². The quantitative estimate of drug-likeness (QED) is 0.618. The summed E-state index contributed by atoms with van der Waals surface area (Å²) in [6, 6.07) is 21.0. The predicted octanol–water partition coefficient (Wildman–Crippen LogP) is 3.84. The van der Waals surface area contributed by atoms with Gasteiger partial charge in [-0.25, -0.2) is 14.4 Å². The number of halogens is 1. The topological polar surface area (TPSA) is 79.0 Å². The van der Waals surface area contributed by atoms with Crippen molar-refractivity contribution in [1.82, 2.24) is 0 Å². The van der Waals surface area contributed by atoms with Crippen LogP contribution in [0.25, 0.3) is 0 Å². The molecule has 2 heterocycles. The molecule has 0 aromatic heterocycles. The monoisotopic (exact) mass is 445 g/mol. The molecular formula is C25H20FN3O4. The number of carbonyl (C=O) groups excluding carboxylic acids is 3. The van der Waals surface area contributed by atoms with Gasteiger partial charge in [-0.15, -0.1) is 0 Å². The maximum Gasteiger partial charge on any atom is 0.266 e. The lowest BCUT2D eigenvalue weighted by molar-refractivity contribution is -0.126. The van der Waals surface area contributed by atoms with Crippen molar-refractivity contribution in [1.29, 1.82) is 0 Å². The third-order valence-electron chi connectivity index (χ3n) is 5.78. The second kappa shape index (κ2) is 8.14. The van der Waals surface area contributed by atoms with Crippen molar-refractivity contribution in [3.05, 3.63) is 90.2 Å². The standard InChI is InChI=1S/C25H20FN3O4/c1-15(30)27-18-11-7-16(8-12-18)22-21-23(33-29(22)20-5-3-2-4-6-20)25(32)28(24(21)31)19-13-9-17(26)10-14-19/h2-14,21-23H,1H3,(H,27,30)/t21-,22+,23+/m1/s1. The van der Waals surface area contributed by atoms with Crippen molar-refractivity contribution in [2.24, 2.45) is 5.92 Å². The number of hydrogen-bond acceptors (Lipinski definition) is 5. The van der Waals surface area contributed by atoms with E-state index in [1.165, 1.54) is 31.2 Å². The number of imide groups is 1. The number of carbonyl (C=O) groups is 3. The van der Waals surface area contributed by atoms with E-state index in [1.54, 1.807) is 29.3 Å². The van der Waals surface area contributed by atoms with Gasteiger partial charge < -0.3 is 5.32 Å². The van der Waals surface area contributed by atoms with E-state index in [0.717, 1.165) is 10.5 Å². The molecule has 3 aromatic rings. The summed E-state index contributed by atoms with van der Waals surface area (Å²) in [6.07, 6.45) is -1.01. The van der Waals surface area contributed by atoms with Crippen molar-refractivity contribution in [3.8, 4) is 0 Å². The second-order valence-electron chi connectivity index (χ2n) is 7.95. The summed E-state index contributed by atoms with van der Waals surface area (Å²) in [5.41, 5.74) is 2.38. The zero-order valence-electron chi connectivity index (χ0n) is 17.6. The Morgan fingerprint density at radius 3 is 2.18 bits per heavy atom. The van der Waals surface area contributed by atoms with Crippen LogP contribution < -0.4 is 15.3 Å². The Morgan fingerprint density at radius 2 is 1.55 bits per heavy atom. The van der Waals surface area contributed by atoms with Crippen molar-refractivity contribution >= 4 is 34.8 Å². The van der Waals surface area contributed by atoms with Crippen LogP contribution in [0, 0.1) is 11.7 Å². The van der Waals surface area contributed by atoms with Crippen molar-refractivity contribution in [2.75, 3.05) is 15.3 Å². The van der Waals surface area contributed by atoms with Gasteiger partial charge in [0, 0.05) is 12.6 Å². The number of hydrogen-bond donors (Lipinski definition) is 1. The van der Waals surface area contributed by atoms with Gasteiger partial charge >= 0.3 is 0 Å². The Morgan fingerprint density at radius 1 is 0.879 bits per heavy atom. The van der Waals surface area contributed by atoms with Crippen LogP contribution in [-0.2, 0) is 19.2 Å². The van der Waals surface area contributed by atoms with Crippen LogP contribution in [0.2, 0.25) is 0 Å². The van der Waals surface area contributed by atoms with Gasteiger partial charge in [-0.2, -0.15) is 0 Å². The smallest absolute Gasteiger partial charge is 0.266 e. The second-order valence-corrected chi connectivity index (χ2v) is 7.95. The first-order valence-corrected chi connectivity index (χ1v) is 10.5. The minimum atomic E-state index is -1.01. The van der Waals surface area contributed by atoms with E-state index >= 15 is 0 Å². The van der Waals surface area contributed by atoms with E-state index in [-0.39, 0.29) is 5.91 Å². The maximum atomic E-state index is 13.5. The van der Waals surface area contributed by atoms with Crippen LogP contribution in [0.15, 0.2) is 78.9 Å². The Kier molecular flexibility index (Phi) is 5.14. The molecule has 2 aliphatic rings. The zero-order valence-corrected chi connectivity index (χ0v) is 17.6. The SMILES string of the molecule is CC(=O)Nc1ccc([C@H]2[C@H]3C(=O)N(c4ccc(F)cc4)C(=O)[C@H]3ON2c2ccccc2)cc1. The molecule has 3 atom stereocenters. The fraction of sp³-hybridized carbons (Fsp3) is 0.160. The summed E-state index contributed by atoms with van der Waals surface area (Å²) in [5, 5.41) is 4.31. The summed E-state index contributed by atoms with van der Waals surface area (Å²) in [4.78, 5) is 45.2. The van der Waals surface area contributed by atoms with Gasteiger partial charge in [0.05, 0.1) is 17.4 Å². The molecule has 0 spiro atoms. The molecule has 7 nitrogen and oxygen atoms in total. The lowest BCUT2D eigenvalue weighted by atomic mass is 9.90. The molecule has 166 valence electrons. The molecule has 8 heteroatoms. The summed E-state index contributed by atoms with van der Waals surface area (Å²) in [6.45, 7) is 1.42. The van der Waals surface area contributed by atoms with Gasteiger partial charge in [0.15, 0.2) is 6.10 Å². The lowest BCUT2D eigenvalue weighted by Crippen LogP contribution is -2.37. The summed E-state index contributed by atoms with van der Waals surface area (Å²) in [7, 11) is 0. The molecule has 3 aromatic carbocycles.